The maximum absolute atomic E-state index is 10.7. The number of carbonyl (C=O) groups is 1. The molecule has 0 amide bonds. The fraction of sp³-hybridized carbons (Fsp3) is 0.538. The lowest BCUT2D eigenvalue weighted by Gasteiger charge is -2.35. The largest absolute Gasteiger partial charge is 0.354 e. The van der Waals surface area contributed by atoms with Gasteiger partial charge in [0.2, 0.25) is 0 Å². The first-order chi connectivity index (χ1) is 8.24. The van der Waals surface area contributed by atoms with E-state index in [1.54, 1.807) is 6.20 Å². The second-order valence-corrected chi connectivity index (χ2v) is 4.45. The van der Waals surface area contributed by atoms with Crippen LogP contribution in [0, 0.1) is 6.92 Å². The van der Waals surface area contributed by atoms with E-state index in [-0.39, 0.29) is 0 Å². The van der Waals surface area contributed by atoms with Gasteiger partial charge in [-0.05, 0) is 25.1 Å². The van der Waals surface area contributed by atoms with E-state index in [0.717, 1.165) is 50.4 Å². The van der Waals surface area contributed by atoms with Gasteiger partial charge in [0, 0.05) is 37.9 Å². The monoisotopic (exact) mass is 233 g/mol. The topological polar surface area (TPSA) is 36.4 Å². The summed E-state index contributed by atoms with van der Waals surface area (Å²) in [6, 6.07) is 1.90. The smallest absolute Gasteiger partial charge is 0.151 e. The van der Waals surface area contributed by atoms with Gasteiger partial charge >= 0.3 is 0 Å². The number of aromatic nitrogens is 1. The Hall–Kier alpha value is -1.42. The molecule has 0 spiro atoms. The molecule has 1 aromatic rings. The highest BCUT2D eigenvalue weighted by Crippen LogP contribution is 2.18. The second kappa shape index (κ2) is 5.27. The number of aldehydes is 1. The molecule has 1 aliphatic heterocycles. The number of nitrogens with zero attached hydrogens (tertiary/aromatic N) is 3. The Bertz CT molecular complexity index is 398. The van der Waals surface area contributed by atoms with Crippen LogP contribution in [0.5, 0.6) is 0 Å². The van der Waals surface area contributed by atoms with Crippen LogP contribution < -0.4 is 4.90 Å². The lowest BCUT2D eigenvalue weighted by molar-refractivity contribution is 0.112. The van der Waals surface area contributed by atoms with Crippen LogP contribution in [0.4, 0.5) is 5.82 Å². The zero-order chi connectivity index (χ0) is 12.3. The minimum atomic E-state index is 0.651. The van der Waals surface area contributed by atoms with Crippen LogP contribution in [0.15, 0.2) is 12.3 Å². The van der Waals surface area contributed by atoms with Crippen molar-refractivity contribution in [2.75, 3.05) is 37.6 Å². The number of piperazine rings is 1. The molecule has 0 aromatic carbocycles. The van der Waals surface area contributed by atoms with Gasteiger partial charge in [-0.3, -0.25) is 4.79 Å². The van der Waals surface area contributed by atoms with Crippen molar-refractivity contribution in [1.82, 2.24) is 9.88 Å². The highest BCUT2D eigenvalue weighted by atomic mass is 16.1. The van der Waals surface area contributed by atoms with Crippen molar-refractivity contribution >= 4 is 12.1 Å². The van der Waals surface area contributed by atoms with E-state index in [1.165, 1.54) is 0 Å². The maximum Gasteiger partial charge on any atom is 0.151 e. The van der Waals surface area contributed by atoms with Crippen LogP contribution in [0.1, 0.15) is 22.8 Å². The van der Waals surface area contributed by atoms with E-state index in [9.17, 15) is 4.79 Å². The molecule has 2 heterocycles. The Morgan fingerprint density at radius 2 is 2.06 bits per heavy atom. The number of rotatable bonds is 3. The minimum absolute atomic E-state index is 0.651. The summed E-state index contributed by atoms with van der Waals surface area (Å²) in [7, 11) is 0. The van der Waals surface area contributed by atoms with E-state index in [1.807, 2.05) is 13.0 Å². The Morgan fingerprint density at radius 3 is 2.59 bits per heavy atom. The minimum Gasteiger partial charge on any atom is -0.354 e. The van der Waals surface area contributed by atoms with Gasteiger partial charge < -0.3 is 9.80 Å². The SMILES string of the molecule is CCN1CCN(c2ncc(C=O)cc2C)CC1. The van der Waals surface area contributed by atoms with Crippen LogP contribution >= 0.6 is 0 Å². The van der Waals surface area contributed by atoms with Gasteiger partial charge in [0.1, 0.15) is 5.82 Å². The molecule has 0 aliphatic carbocycles. The van der Waals surface area contributed by atoms with Gasteiger partial charge in [-0.1, -0.05) is 6.92 Å². The summed E-state index contributed by atoms with van der Waals surface area (Å²) in [5.74, 6) is 1.02. The van der Waals surface area contributed by atoms with E-state index >= 15 is 0 Å². The molecule has 1 aliphatic rings. The van der Waals surface area contributed by atoms with E-state index < -0.39 is 0 Å². The average molecular weight is 233 g/mol. The van der Waals surface area contributed by atoms with Crippen molar-refractivity contribution in [1.29, 1.82) is 0 Å². The standard InChI is InChI=1S/C13H19N3O/c1-3-15-4-6-16(7-5-15)13-11(2)8-12(10-17)9-14-13/h8-10H,3-7H2,1-2H3. The number of carbonyl (C=O) groups excluding carboxylic acids is 1. The predicted molar refractivity (Wildman–Crippen MR) is 68.7 cm³/mol. The third-order valence-corrected chi connectivity index (χ3v) is 3.33. The molecule has 0 saturated carbocycles. The molecular weight excluding hydrogens is 214 g/mol. The number of pyridine rings is 1. The normalized spacial score (nSPS) is 17.2. The summed E-state index contributed by atoms with van der Waals surface area (Å²) in [5.41, 5.74) is 1.73. The first-order valence-electron chi connectivity index (χ1n) is 6.13. The zero-order valence-corrected chi connectivity index (χ0v) is 10.5. The maximum atomic E-state index is 10.7. The molecule has 0 unspecified atom stereocenters. The molecule has 4 heteroatoms. The molecular formula is C13H19N3O. The Kier molecular flexibility index (Phi) is 3.74. The highest BCUT2D eigenvalue weighted by Gasteiger charge is 2.18. The van der Waals surface area contributed by atoms with Crippen LogP contribution in [0.25, 0.3) is 0 Å². The Labute approximate surface area is 102 Å². The van der Waals surface area contributed by atoms with Gasteiger partial charge in [0.05, 0.1) is 0 Å². The molecule has 17 heavy (non-hydrogen) atoms. The van der Waals surface area contributed by atoms with Gasteiger partial charge in [-0.25, -0.2) is 4.98 Å². The van der Waals surface area contributed by atoms with Crippen LogP contribution in [0.3, 0.4) is 0 Å². The fourth-order valence-electron chi connectivity index (χ4n) is 2.26. The second-order valence-electron chi connectivity index (χ2n) is 4.45. The summed E-state index contributed by atoms with van der Waals surface area (Å²) >= 11 is 0. The molecule has 0 atom stereocenters. The highest BCUT2D eigenvalue weighted by molar-refractivity contribution is 5.75. The third-order valence-electron chi connectivity index (χ3n) is 3.33. The van der Waals surface area contributed by atoms with Crippen molar-refractivity contribution < 1.29 is 4.79 Å². The van der Waals surface area contributed by atoms with Crippen LogP contribution in [-0.2, 0) is 0 Å². The van der Waals surface area contributed by atoms with Crippen LogP contribution in [0.2, 0.25) is 0 Å². The predicted octanol–water partition coefficient (Wildman–Crippen LogP) is 1.34. The fourth-order valence-corrected chi connectivity index (χ4v) is 2.26. The molecule has 2 rings (SSSR count). The van der Waals surface area contributed by atoms with Crippen LogP contribution in [-0.4, -0.2) is 48.9 Å². The Morgan fingerprint density at radius 1 is 1.35 bits per heavy atom. The van der Waals surface area contributed by atoms with E-state index in [2.05, 4.69) is 21.7 Å². The number of hydrogen-bond acceptors (Lipinski definition) is 4. The first-order valence-corrected chi connectivity index (χ1v) is 6.13. The van der Waals surface area contributed by atoms with Gasteiger partial charge in [-0.15, -0.1) is 0 Å². The lowest BCUT2D eigenvalue weighted by atomic mass is 10.2. The number of hydrogen-bond donors (Lipinski definition) is 0. The third kappa shape index (κ3) is 2.64. The first kappa shape index (κ1) is 12.0. The molecule has 1 saturated heterocycles. The average Bonchev–Trinajstić information content (AvgIpc) is 2.39. The number of likely N-dealkylation sites (N-methyl/N-ethyl adjacent to an activating group) is 1. The molecule has 1 aromatic heterocycles. The number of anilines is 1. The van der Waals surface area contributed by atoms with Crippen molar-refractivity contribution in [3.05, 3.63) is 23.4 Å². The van der Waals surface area contributed by atoms with Gasteiger partial charge in [-0.2, -0.15) is 0 Å². The lowest BCUT2D eigenvalue weighted by Crippen LogP contribution is -2.46. The summed E-state index contributed by atoms with van der Waals surface area (Å²) in [6.07, 6.45) is 2.50. The van der Waals surface area contributed by atoms with Gasteiger partial charge in [0.15, 0.2) is 6.29 Å². The zero-order valence-electron chi connectivity index (χ0n) is 10.5. The summed E-state index contributed by atoms with van der Waals surface area (Å²) in [6.45, 7) is 9.54. The Balaban J connectivity index is 2.10. The van der Waals surface area contributed by atoms with Crippen molar-refractivity contribution in [2.45, 2.75) is 13.8 Å². The van der Waals surface area contributed by atoms with Gasteiger partial charge in [0.25, 0.3) is 0 Å². The van der Waals surface area contributed by atoms with Crippen molar-refractivity contribution in [3.8, 4) is 0 Å². The van der Waals surface area contributed by atoms with E-state index in [0.29, 0.717) is 5.56 Å². The quantitative estimate of drug-likeness (QED) is 0.738. The van der Waals surface area contributed by atoms with Crippen molar-refractivity contribution in [2.24, 2.45) is 0 Å². The van der Waals surface area contributed by atoms with E-state index in [4.69, 9.17) is 0 Å². The molecule has 0 N–H and O–H groups in total. The molecule has 0 radical (unpaired) electrons. The van der Waals surface area contributed by atoms with Crippen molar-refractivity contribution in [3.63, 3.8) is 0 Å². The molecule has 4 nitrogen and oxygen atoms in total. The number of aryl methyl sites for hydroxylation is 1. The summed E-state index contributed by atoms with van der Waals surface area (Å²) in [5, 5.41) is 0. The molecule has 1 fully saturated rings. The summed E-state index contributed by atoms with van der Waals surface area (Å²) in [4.78, 5) is 19.8. The molecule has 0 bridgehead atoms. The summed E-state index contributed by atoms with van der Waals surface area (Å²) < 4.78 is 0. The molecule has 92 valence electrons.